The van der Waals surface area contributed by atoms with Crippen LogP contribution >= 0.6 is 12.2 Å². The Morgan fingerprint density at radius 3 is 2.32 bits per heavy atom. The van der Waals surface area contributed by atoms with Gasteiger partial charge in [0.2, 0.25) is 0 Å². The molecule has 0 aliphatic carbocycles. The van der Waals surface area contributed by atoms with Gasteiger partial charge in [0.15, 0.2) is 11.2 Å². The summed E-state index contributed by atoms with van der Waals surface area (Å²) in [6, 6.07) is 17.7. The predicted molar refractivity (Wildman–Crippen MR) is 101 cm³/mol. The molecule has 2 unspecified atom stereocenters. The van der Waals surface area contributed by atoms with Crippen LogP contribution in [0.4, 0.5) is 0 Å². The molecule has 132 valence electrons. The molecule has 2 rings (SSSR count). The van der Waals surface area contributed by atoms with Crippen LogP contribution in [-0.4, -0.2) is 28.8 Å². The first-order chi connectivity index (χ1) is 12.1. The van der Waals surface area contributed by atoms with Gasteiger partial charge in [-0.15, -0.1) is 0 Å². The second-order valence-corrected chi connectivity index (χ2v) is 5.81. The number of aliphatic hydroxyl groups excluding tert-OH is 1. The lowest BCUT2D eigenvalue weighted by atomic mass is 10.0. The van der Waals surface area contributed by atoms with Gasteiger partial charge in [-0.2, -0.15) is 0 Å². The lowest BCUT2D eigenvalue weighted by molar-refractivity contribution is -0.148. The number of hydrogen-bond acceptors (Lipinski definition) is 4. The topological polar surface area (TPSA) is 70.6 Å². The van der Waals surface area contributed by atoms with E-state index in [4.69, 9.17) is 17.0 Å². The van der Waals surface area contributed by atoms with E-state index in [1.165, 1.54) is 0 Å². The molecule has 0 aliphatic heterocycles. The molecule has 0 heterocycles. The standard InChI is InChI=1S/C19H22N2O3S/c1-2-24-18(23)16(17(22)15-11-7-4-8-12-15)21-19(25)20-13-14-9-5-3-6-10-14/h3-12,16-17,22H,2,13H2,1H3,(H2,20,21,25). The molecule has 0 spiro atoms. The van der Waals surface area contributed by atoms with Gasteiger partial charge in [-0.3, -0.25) is 0 Å². The van der Waals surface area contributed by atoms with Crippen LogP contribution in [0.25, 0.3) is 0 Å². The highest BCUT2D eigenvalue weighted by Gasteiger charge is 2.30. The zero-order chi connectivity index (χ0) is 18.1. The van der Waals surface area contributed by atoms with Gasteiger partial charge in [0, 0.05) is 6.54 Å². The number of aliphatic hydroxyl groups is 1. The van der Waals surface area contributed by atoms with Gasteiger partial charge in [0.1, 0.15) is 6.10 Å². The maximum absolute atomic E-state index is 12.2. The number of hydrogen-bond donors (Lipinski definition) is 3. The average molecular weight is 358 g/mol. The van der Waals surface area contributed by atoms with E-state index in [2.05, 4.69) is 10.6 Å². The molecule has 0 aliphatic rings. The van der Waals surface area contributed by atoms with Crippen molar-refractivity contribution in [3.8, 4) is 0 Å². The first-order valence-corrected chi connectivity index (χ1v) is 8.50. The fourth-order valence-electron chi connectivity index (χ4n) is 2.31. The summed E-state index contributed by atoms with van der Waals surface area (Å²) in [4.78, 5) is 12.2. The molecule has 2 aromatic carbocycles. The number of esters is 1. The summed E-state index contributed by atoms with van der Waals surface area (Å²) < 4.78 is 5.06. The molecule has 25 heavy (non-hydrogen) atoms. The fraction of sp³-hybridized carbons (Fsp3) is 0.263. The third kappa shape index (κ3) is 5.85. The number of carbonyl (C=O) groups excluding carboxylic acids is 1. The van der Waals surface area contributed by atoms with E-state index in [1.54, 1.807) is 31.2 Å². The molecule has 0 fully saturated rings. The molecule has 0 saturated carbocycles. The van der Waals surface area contributed by atoms with Crippen LogP contribution in [0.2, 0.25) is 0 Å². The van der Waals surface area contributed by atoms with Crippen molar-refractivity contribution in [1.82, 2.24) is 10.6 Å². The Kier molecular flexibility index (Phi) is 7.37. The van der Waals surface area contributed by atoms with E-state index in [-0.39, 0.29) is 11.7 Å². The minimum atomic E-state index is -1.07. The Morgan fingerprint density at radius 2 is 1.72 bits per heavy atom. The van der Waals surface area contributed by atoms with Crippen molar-refractivity contribution in [2.75, 3.05) is 6.61 Å². The second-order valence-electron chi connectivity index (χ2n) is 5.40. The van der Waals surface area contributed by atoms with E-state index in [1.807, 2.05) is 36.4 Å². The summed E-state index contributed by atoms with van der Waals surface area (Å²) in [5.41, 5.74) is 1.67. The summed E-state index contributed by atoms with van der Waals surface area (Å²) >= 11 is 5.26. The minimum Gasteiger partial charge on any atom is -0.464 e. The van der Waals surface area contributed by atoms with Crippen LogP contribution in [0.3, 0.4) is 0 Å². The smallest absolute Gasteiger partial charge is 0.331 e. The zero-order valence-electron chi connectivity index (χ0n) is 14.0. The predicted octanol–water partition coefficient (Wildman–Crippen LogP) is 2.32. The number of thiocarbonyl (C=S) groups is 1. The first-order valence-electron chi connectivity index (χ1n) is 8.09. The maximum atomic E-state index is 12.2. The average Bonchev–Trinajstić information content (AvgIpc) is 2.65. The number of rotatable bonds is 7. The highest BCUT2D eigenvalue weighted by Crippen LogP contribution is 2.17. The molecule has 3 N–H and O–H groups in total. The normalized spacial score (nSPS) is 12.7. The monoisotopic (exact) mass is 358 g/mol. The van der Waals surface area contributed by atoms with E-state index in [0.717, 1.165) is 5.56 Å². The van der Waals surface area contributed by atoms with Crippen LogP contribution in [0.1, 0.15) is 24.2 Å². The first kappa shape index (κ1) is 18.9. The Morgan fingerprint density at radius 1 is 1.12 bits per heavy atom. The molecule has 0 aromatic heterocycles. The maximum Gasteiger partial charge on any atom is 0.331 e. The Labute approximate surface area is 153 Å². The van der Waals surface area contributed by atoms with Crippen molar-refractivity contribution in [3.05, 3.63) is 71.8 Å². The van der Waals surface area contributed by atoms with Gasteiger partial charge in [0.25, 0.3) is 0 Å². The second kappa shape index (κ2) is 9.76. The summed E-state index contributed by atoms with van der Waals surface area (Å²) in [6.45, 7) is 2.46. The van der Waals surface area contributed by atoms with Gasteiger partial charge in [-0.25, -0.2) is 4.79 Å². The van der Waals surface area contributed by atoms with Crippen LogP contribution in [-0.2, 0) is 16.1 Å². The number of benzene rings is 2. The SMILES string of the molecule is CCOC(=O)C(NC(=S)NCc1ccccc1)C(O)c1ccccc1. The van der Waals surface area contributed by atoms with Crippen molar-refractivity contribution in [3.63, 3.8) is 0 Å². The van der Waals surface area contributed by atoms with Crippen molar-refractivity contribution < 1.29 is 14.6 Å². The number of carbonyl (C=O) groups is 1. The third-order valence-electron chi connectivity index (χ3n) is 3.58. The Hall–Kier alpha value is -2.44. The van der Waals surface area contributed by atoms with Crippen LogP contribution in [0.5, 0.6) is 0 Å². The number of ether oxygens (including phenoxy) is 1. The Balaban J connectivity index is 2.02. The molecule has 0 amide bonds. The lowest BCUT2D eigenvalue weighted by Gasteiger charge is -2.24. The minimum absolute atomic E-state index is 0.225. The highest BCUT2D eigenvalue weighted by molar-refractivity contribution is 7.80. The van der Waals surface area contributed by atoms with Gasteiger partial charge >= 0.3 is 5.97 Å². The van der Waals surface area contributed by atoms with Crippen molar-refractivity contribution >= 4 is 23.3 Å². The largest absolute Gasteiger partial charge is 0.464 e. The van der Waals surface area contributed by atoms with E-state index >= 15 is 0 Å². The van der Waals surface area contributed by atoms with Crippen LogP contribution < -0.4 is 10.6 Å². The van der Waals surface area contributed by atoms with Gasteiger partial charge < -0.3 is 20.5 Å². The quantitative estimate of drug-likeness (QED) is 0.521. The fourth-order valence-corrected chi connectivity index (χ4v) is 2.51. The lowest BCUT2D eigenvalue weighted by Crippen LogP contribution is -2.49. The van der Waals surface area contributed by atoms with Crippen LogP contribution in [0, 0.1) is 0 Å². The zero-order valence-corrected chi connectivity index (χ0v) is 14.8. The summed E-state index contributed by atoms with van der Waals surface area (Å²) in [5, 5.41) is 16.7. The molecular formula is C19H22N2O3S. The molecule has 2 atom stereocenters. The van der Waals surface area contributed by atoms with Crippen molar-refractivity contribution in [2.24, 2.45) is 0 Å². The van der Waals surface area contributed by atoms with Crippen molar-refractivity contribution in [1.29, 1.82) is 0 Å². The Bertz CT molecular complexity index is 680. The van der Waals surface area contributed by atoms with Gasteiger partial charge in [0.05, 0.1) is 6.61 Å². The molecule has 5 nitrogen and oxygen atoms in total. The molecule has 0 bridgehead atoms. The number of nitrogens with one attached hydrogen (secondary N) is 2. The molecule has 0 radical (unpaired) electrons. The van der Waals surface area contributed by atoms with E-state index < -0.39 is 18.1 Å². The summed E-state index contributed by atoms with van der Waals surface area (Å²) in [6.07, 6.45) is -1.07. The van der Waals surface area contributed by atoms with E-state index in [9.17, 15) is 9.90 Å². The van der Waals surface area contributed by atoms with Crippen molar-refractivity contribution in [2.45, 2.75) is 25.6 Å². The molecular weight excluding hydrogens is 336 g/mol. The summed E-state index contributed by atoms with van der Waals surface area (Å²) in [5.74, 6) is -0.553. The third-order valence-corrected chi connectivity index (χ3v) is 3.84. The summed E-state index contributed by atoms with van der Waals surface area (Å²) in [7, 11) is 0. The molecule has 6 heteroatoms. The van der Waals surface area contributed by atoms with E-state index in [0.29, 0.717) is 12.1 Å². The van der Waals surface area contributed by atoms with Gasteiger partial charge in [-0.05, 0) is 30.3 Å². The highest BCUT2D eigenvalue weighted by atomic mass is 32.1. The molecule has 0 saturated heterocycles. The van der Waals surface area contributed by atoms with Crippen LogP contribution in [0.15, 0.2) is 60.7 Å². The van der Waals surface area contributed by atoms with Gasteiger partial charge in [-0.1, -0.05) is 60.7 Å². The molecule has 2 aromatic rings.